The summed E-state index contributed by atoms with van der Waals surface area (Å²) in [5.74, 6) is 1.60. The monoisotopic (exact) mass is 282 g/mol. The lowest BCUT2D eigenvalue weighted by Crippen LogP contribution is -2.21. The first kappa shape index (κ1) is 11.8. The zero-order valence-electron chi connectivity index (χ0n) is 9.91. The van der Waals surface area contributed by atoms with Crippen molar-refractivity contribution in [3.63, 3.8) is 0 Å². The zero-order valence-corrected chi connectivity index (χ0v) is 11.5. The predicted octanol–water partition coefficient (Wildman–Crippen LogP) is 3.51. The molecule has 0 radical (unpaired) electrons. The van der Waals surface area contributed by atoms with Gasteiger partial charge in [0.15, 0.2) is 0 Å². The maximum Gasteiger partial charge on any atom is 0.0512 e. The van der Waals surface area contributed by atoms with Crippen LogP contribution >= 0.6 is 15.9 Å². The Kier molecular flexibility index (Phi) is 3.43. The van der Waals surface area contributed by atoms with E-state index in [1.807, 2.05) is 12.1 Å². The van der Waals surface area contributed by atoms with E-state index in [0.29, 0.717) is 0 Å². The molecule has 1 aliphatic rings. The lowest BCUT2D eigenvalue weighted by molar-refractivity contribution is 0.423. The minimum Gasteiger partial charge on any atom is -0.399 e. The molecule has 0 aliphatic carbocycles. The molecule has 2 nitrogen and oxygen atoms in total. The van der Waals surface area contributed by atoms with Gasteiger partial charge in [0.1, 0.15) is 0 Å². The van der Waals surface area contributed by atoms with E-state index in [1.54, 1.807) is 0 Å². The molecule has 0 spiro atoms. The van der Waals surface area contributed by atoms with E-state index in [9.17, 15) is 0 Å². The van der Waals surface area contributed by atoms with Gasteiger partial charge in [-0.3, -0.25) is 0 Å². The van der Waals surface area contributed by atoms with Crippen molar-refractivity contribution in [1.29, 1.82) is 0 Å². The van der Waals surface area contributed by atoms with Crippen molar-refractivity contribution in [2.75, 3.05) is 23.7 Å². The van der Waals surface area contributed by atoms with E-state index in [-0.39, 0.29) is 0 Å². The van der Waals surface area contributed by atoms with Crippen molar-refractivity contribution in [3.05, 3.63) is 22.7 Å². The molecular formula is C13H19BrN2. The Morgan fingerprint density at radius 1 is 1.44 bits per heavy atom. The zero-order chi connectivity index (χ0) is 11.7. The Bertz CT molecular complexity index is 376. The lowest BCUT2D eigenvalue weighted by atomic mass is 9.95. The van der Waals surface area contributed by atoms with Gasteiger partial charge in [0, 0.05) is 23.2 Å². The second-order valence-corrected chi connectivity index (χ2v) is 5.80. The molecule has 1 aliphatic heterocycles. The average Bonchev–Trinajstić information content (AvgIpc) is 2.66. The van der Waals surface area contributed by atoms with E-state index >= 15 is 0 Å². The first-order valence-electron chi connectivity index (χ1n) is 5.88. The van der Waals surface area contributed by atoms with E-state index in [2.05, 4.69) is 40.7 Å². The van der Waals surface area contributed by atoms with Crippen LogP contribution in [-0.2, 0) is 0 Å². The van der Waals surface area contributed by atoms with Crippen molar-refractivity contribution >= 4 is 27.3 Å². The van der Waals surface area contributed by atoms with E-state index in [4.69, 9.17) is 5.73 Å². The number of hydrogen-bond acceptors (Lipinski definition) is 2. The maximum atomic E-state index is 5.75. The van der Waals surface area contributed by atoms with Crippen LogP contribution in [0.2, 0.25) is 0 Å². The summed E-state index contributed by atoms with van der Waals surface area (Å²) in [5.41, 5.74) is 7.84. The second kappa shape index (κ2) is 4.66. The molecule has 0 aromatic heterocycles. The van der Waals surface area contributed by atoms with Gasteiger partial charge >= 0.3 is 0 Å². The SMILES string of the molecule is CC(C)C1CCN(c2ccc(N)cc2Br)C1. The van der Waals surface area contributed by atoms with Crippen LogP contribution < -0.4 is 10.6 Å². The summed E-state index contributed by atoms with van der Waals surface area (Å²) in [4.78, 5) is 2.45. The highest BCUT2D eigenvalue weighted by Crippen LogP contribution is 2.33. The topological polar surface area (TPSA) is 29.3 Å². The Morgan fingerprint density at radius 2 is 2.19 bits per heavy atom. The summed E-state index contributed by atoms with van der Waals surface area (Å²) < 4.78 is 1.11. The van der Waals surface area contributed by atoms with Gasteiger partial charge in [-0.25, -0.2) is 0 Å². The van der Waals surface area contributed by atoms with Crippen molar-refractivity contribution in [2.45, 2.75) is 20.3 Å². The van der Waals surface area contributed by atoms with Crippen LogP contribution in [0.4, 0.5) is 11.4 Å². The largest absolute Gasteiger partial charge is 0.399 e. The highest BCUT2D eigenvalue weighted by Gasteiger charge is 2.25. The number of nitrogens with zero attached hydrogens (tertiary/aromatic N) is 1. The molecule has 3 heteroatoms. The average molecular weight is 283 g/mol. The summed E-state index contributed by atoms with van der Waals surface area (Å²) in [6, 6.07) is 6.07. The highest BCUT2D eigenvalue weighted by molar-refractivity contribution is 9.10. The molecule has 88 valence electrons. The highest BCUT2D eigenvalue weighted by atomic mass is 79.9. The third-order valence-corrected chi connectivity index (χ3v) is 4.12. The van der Waals surface area contributed by atoms with Gasteiger partial charge in [0.05, 0.1) is 5.69 Å². The Labute approximate surface area is 106 Å². The summed E-state index contributed by atoms with van der Waals surface area (Å²) in [6.45, 7) is 6.95. The van der Waals surface area contributed by atoms with Gasteiger partial charge in [-0.2, -0.15) is 0 Å². The molecule has 16 heavy (non-hydrogen) atoms. The van der Waals surface area contributed by atoms with Crippen LogP contribution in [0.3, 0.4) is 0 Å². The molecule has 1 atom stereocenters. The molecule has 1 aromatic rings. The van der Waals surface area contributed by atoms with Crippen molar-refractivity contribution < 1.29 is 0 Å². The minimum atomic E-state index is 0.776. The van der Waals surface area contributed by atoms with Gasteiger partial charge in [-0.1, -0.05) is 13.8 Å². The van der Waals surface area contributed by atoms with Crippen LogP contribution in [0.15, 0.2) is 22.7 Å². The molecule has 0 amide bonds. The molecule has 0 bridgehead atoms. The first-order chi connectivity index (χ1) is 7.58. The fourth-order valence-corrected chi connectivity index (χ4v) is 2.98. The smallest absolute Gasteiger partial charge is 0.0512 e. The summed E-state index contributed by atoms with van der Waals surface area (Å²) in [5, 5.41) is 0. The molecular weight excluding hydrogens is 264 g/mol. The number of rotatable bonds is 2. The Hall–Kier alpha value is -0.700. The second-order valence-electron chi connectivity index (χ2n) is 4.95. The van der Waals surface area contributed by atoms with E-state index in [1.165, 1.54) is 18.7 Å². The fourth-order valence-electron chi connectivity index (χ4n) is 2.33. The summed E-state index contributed by atoms with van der Waals surface area (Å²) >= 11 is 3.59. The minimum absolute atomic E-state index is 0.776. The van der Waals surface area contributed by atoms with Gasteiger partial charge in [-0.05, 0) is 52.4 Å². The van der Waals surface area contributed by atoms with Gasteiger partial charge < -0.3 is 10.6 Å². The van der Waals surface area contributed by atoms with Gasteiger partial charge in [0.25, 0.3) is 0 Å². The number of nitrogens with two attached hydrogens (primary N) is 1. The van der Waals surface area contributed by atoms with Crippen LogP contribution in [0.1, 0.15) is 20.3 Å². The van der Waals surface area contributed by atoms with E-state index in [0.717, 1.165) is 28.5 Å². The summed E-state index contributed by atoms with van der Waals surface area (Å²) in [6.07, 6.45) is 1.30. The number of nitrogen functional groups attached to an aromatic ring is 1. The van der Waals surface area contributed by atoms with Crippen LogP contribution in [0.25, 0.3) is 0 Å². The van der Waals surface area contributed by atoms with Gasteiger partial charge in [0.2, 0.25) is 0 Å². The number of hydrogen-bond donors (Lipinski definition) is 1. The van der Waals surface area contributed by atoms with Crippen molar-refractivity contribution in [2.24, 2.45) is 11.8 Å². The van der Waals surface area contributed by atoms with Crippen LogP contribution in [0.5, 0.6) is 0 Å². The van der Waals surface area contributed by atoms with Crippen LogP contribution in [-0.4, -0.2) is 13.1 Å². The van der Waals surface area contributed by atoms with Gasteiger partial charge in [-0.15, -0.1) is 0 Å². The third kappa shape index (κ3) is 2.34. The Morgan fingerprint density at radius 3 is 2.75 bits per heavy atom. The number of anilines is 2. The first-order valence-corrected chi connectivity index (χ1v) is 6.67. The quantitative estimate of drug-likeness (QED) is 0.841. The van der Waals surface area contributed by atoms with Crippen molar-refractivity contribution in [1.82, 2.24) is 0 Å². The third-order valence-electron chi connectivity index (χ3n) is 3.48. The van der Waals surface area contributed by atoms with Crippen molar-refractivity contribution in [3.8, 4) is 0 Å². The molecule has 1 fully saturated rings. The number of benzene rings is 1. The Balaban J connectivity index is 2.14. The molecule has 1 unspecified atom stereocenters. The molecule has 1 heterocycles. The number of halogens is 1. The summed E-state index contributed by atoms with van der Waals surface area (Å²) in [7, 11) is 0. The lowest BCUT2D eigenvalue weighted by Gasteiger charge is -2.21. The van der Waals surface area contributed by atoms with E-state index < -0.39 is 0 Å². The molecule has 1 aromatic carbocycles. The predicted molar refractivity (Wildman–Crippen MR) is 73.7 cm³/mol. The fraction of sp³-hybridized carbons (Fsp3) is 0.538. The normalized spacial score (nSPS) is 20.8. The van der Waals surface area contributed by atoms with Crippen LogP contribution in [0, 0.1) is 11.8 Å². The molecule has 1 saturated heterocycles. The molecule has 0 saturated carbocycles. The molecule has 2 N–H and O–H groups in total. The molecule has 2 rings (SSSR count). The maximum absolute atomic E-state index is 5.75. The standard InChI is InChI=1S/C13H19BrN2/c1-9(2)10-5-6-16(8-10)13-4-3-11(15)7-12(13)14/h3-4,7,9-10H,5-6,8,15H2,1-2H3.